The molecule has 36 heavy (non-hydrogen) atoms. The quantitative estimate of drug-likeness (QED) is 0.448. The van der Waals surface area contributed by atoms with Crippen LogP contribution in [0.3, 0.4) is 0 Å². The lowest BCUT2D eigenvalue weighted by Crippen LogP contribution is -2.66. The van der Waals surface area contributed by atoms with E-state index in [2.05, 4.69) is 10.1 Å². The van der Waals surface area contributed by atoms with E-state index in [9.17, 15) is 31.2 Å². The Morgan fingerprint density at radius 1 is 1.22 bits per heavy atom. The highest BCUT2D eigenvalue weighted by atomic mass is 32.2. The average molecular weight is 544 g/mol. The first-order chi connectivity index (χ1) is 16.8. The van der Waals surface area contributed by atoms with Crippen molar-refractivity contribution in [1.29, 1.82) is 0 Å². The van der Waals surface area contributed by atoms with Crippen LogP contribution in [0.2, 0.25) is 0 Å². The summed E-state index contributed by atoms with van der Waals surface area (Å²) in [5, 5.41) is 5.43. The smallest absolute Gasteiger partial charge is 0.411 e. The number of hydrogen-bond donors (Lipinski definition) is 1. The first kappa shape index (κ1) is 25.8. The summed E-state index contributed by atoms with van der Waals surface area (Å²) in [5.74, 6) is -4.22. The minimum atomic E-state index is -5.07. The summed E-state index contributed by atoms with van der Waals surface area (Å²) in [6, 6.07) is 4.36. The van der Waals surface area contributed by atoms with Gasteiger partial charge in [-0.15, -0.1) is 11.3 Å². The van der Waals surface area contributed by atoms with Gasteiger partial charge in [-0.3, -0.25) is 9.59 Å². The van der Waals surface area contributed by atoms with Crippen molar-refractivity contribution in [3.8, 4) is 5.88 Å². The molecule has 15 heteroatoms. The van der Waals surface area contributed by atoms with E-state index in [-0.39, 0.29) is 28.0 Å². The molecule has 0 bridgehead atoms. The van der Waals surface area contributed by atoms with E-state index in [1.54, 1.807) is 24.3 Å². The second-order valence-corrected chi connectivity index (χ2v) is 10.7. The number of alkyl halides is 3. The number of aromatic nitrogens is 3. The van der Waals surface area contributed by atoms with Gasteiger partial charge in [0.05, 0.1) is 17.5 Å². The highest BCUT2D eigenvalue weighted by molar-refractivity contribution is 7.89. The van der Waals surface area contributed by atoms with E-state index >= 15 is 0 Å². The van der Waals surface area contributed by atoms with Gasteiger partial charge < -0.3 is 10.5 Å². The van der Waals surface area contributed by atoms with Crippen molar-refractivity contribution in [2.24, 2.45) is 5.73 Å². The molecule has 1 aliphatic rings. The van der Waals surface area contributed by atoms with Crippen LogP contribution in [-0.2, 0) is 28.0 Å². The number of nitrogens with zero attached hydrogens (tertiary/aromatic N) is 4. The molecule has 2 N–H and O–H groups in total. The molecular formula is C21H20F3N5O5S2. The predicted molar refractivity (Wildman–Crippen MR) is 122 cm³/mol. The van der Waals surface area contributed by atoms with Gasteiger partial charge in [-0.1, -0.05) is 24.3 Å². The number of benzene rings is 1. The molecule has 1 aromatic carbocycles. The molecule has 2 atom stereocenters. The zero-order valence-corrected chi connectivity index (χ0v) is 20.5. The van der Waals surface area contributed by atoms with Gasteiger partial charge in [0, 0.05) is 17.5 Å². The number of carbonyl (C=O) groups excluding carboxylic acids is 2. The van der Waals surface area contributed by atoms with Crippen LogP contribution in [-0.4, -0.2) is 57.8 Å². The topological polar surface area (TPSA) is 137 Å². The monoisotopic (exact) mass is 543 g/mol. The maximum absolute atomic E-state index is 13.8. The van der Waals surface area contributed by atoms with Crippen LogP contribution in [0.15, 0.2) is 35.2 Å². The van der Waals surface area contributed by atoms with Gasteiger partial charge >= 0.3 is 12.1 Å². The fourth-order valence-electron chi connectivity index (χ4n) is 3.87. The summed E-state index contributed by atoms with van der Waals surface area (Å²) in [5.41, 5.74) is 8.10. The van der Waals surface area contributed by atoms with Crippen molar-refractivity contribution >= 4 is 33.2 Å². The summed E-state index contributed by atoms with van der Waals surface area (Å²) in [7, 11) is -4.50. The lowest BCUT2D eigenvalue weighted by Gasteiger charge is -2.45. The van der Waals surface area contributed by atoms with Crippen LogP contribution in [0.5, 0.6) is 5.88 Å². The molecular weight excluding hydrogens is 523 g/mol. The lowest BCUT2D eigenvalue weighted by atomic mass is 9.85. The van der Waals surface area contributed by atoms with Gasteiger partial charge in [0.2, 0.25) is 21.8 Å². The number of carbonyl (C=O) groups is 2. The molecule has 1 fully saturated rings. The molecule has 2 unspecified atom stereocenters. The van der Waals surface area contributed by atoms with Gasteiger partial charge in [-0.05, 0) is 18.1 Å². The van der Waals surface area contributed by atoms with Gasteiger partial charge in [-0.2, -0.15) is 23.0 Å². The molecule has 1 amide bonds. The third-order valence-corrected chi connectivity index (χ3v) is 7.33. The number of nitrogens with two attached hydrogens (primary N) is 1. The molecule has 1 saturated heterocycles. The zero-order valence-electron chi connectivity index (χ0n) is 18.9. The van der Waals surface area contributed by atoms with E-state index in [0.717, 1.165) is 21.6 Å². The molecule has 3 heterocycles. The molecule has 0 aliphatic carbocycles. The molecule has 10 nitrogen and oxygen atoms in total. The first-order valence-corrected chi connectivity index (χ1v) is 13.2. The highest BCUT2D eigenvalue weighted by Crippen LogP contribution is 2.47. The summed E-state index contributed by atoms with van der Waals surface area (Å²) in [6.07, 6.45) is -4.55. The van der Waals surface area contributed by atoms with Crippen LogP contribution in [0.25, 0.3) is 0 Å². The number of β-lactam (4-membered cyclic amide) rings is 1. The number of hydrogen-bond acceptors (Lipinski definition) is 9. The van der Waals surface area contributed by atoms with Gasteiger partial charge in [-0.25, -0.2) is 17.7 Å². The average Bonchev–Trinajstić information content (AvgIpc) is 3.43. The number of thiazole rings is 1. The van der Waals surface area contributed by atoms with E-state index in [1.165, 1.54) is 17.8 Å². The van der Waals surface area contributed by atoms with Crippen molar-refractivity contribution in [3.63, 3.8) is 0 Å². The standard InChI is InChI=1S/C21H20F3N5O5S2/c1-11-16(15-17(21(22,23)24)29(19(15)31)36(2,32)33)27-28(18(30)14-9-35-10-26-14)20(11)34-8-13-5-3-12(7-25)4-6-13/h3-6,9-10,15,17H,7-8,25H2,1-2H3. The molecule has 3 aromatic rings. The van der Waals surface area contributed by atoms with Crippen molar-refractivity contribution in [2.45, 2.75) is 38.2 Å². The number of amides is 1. The third-order valence-electron chi connectivity index (χ3n) is 5.62. The zero-order chi connectivity index (χ0) is 26.4. The summed E-state index contributed by atoms with van der Waals surface area (Å²) < 4.78 is 71.6. The molecule has 2 aromatic heterocycles. The Hall–Kier alpha value is -3.30. The number of ether oxygens (including phenoxy) is 1. The largest absolute Gasteiger partial charge is 0.472 e. The van der Waals surface area contributed by atoms with Crippen LogP contribution in [0.4, 0.5) is 13.2 Å². The second kappa shape index (κ2) is 9.29. The normalized spacial score (nSPS) is 18.3. The Morgan fingerprint density at radius 2 is 1.86 bits per heavy atom. The summed E-state index contributed by atoms with van der Waals surface area (Å²) in [6.45, 7) is 1.61. The molecule has 0 radical (unpaired) electrons. The van der Waals surface area contributed by atoms with E-state index in [4.69, 9.17) is 10.5 Å². The Bertz CT molecular complexity index is 1400. The second-order valence-electron chi connectivity index (χ2n) is 8.08. The Morgan fingerprint density at radius 3 is 2.39 bits per heavy atom. The molecule has 192 valence electrons. The van der Waals surface area contributed by atoms with Crippen molar-refractivity contribution < 1.29 is 35.9 Å². The summed E-state index contributed by atoms with van der Waals surface area (Å²) >= 11 is 1.12. The van der Waals surface area contributed by atoms with Crippen LogP contribution in [0.1, 0.15) is 38.8 Å². The minimum absolute atomic E-state index is 0.00194. The fraction of sp³-hybridized carbons (Fsp3) is 0.333. The van der Waals surface area contributed by atoms with E-state index < -0.39 is 45.7 Å². The van der Waals surface area contributed by atoms with Crippen molar-refractivity contribution in [3.05, 3.63) is 63.2 Å². The van der Waals surface area contributed by atoms with Gasteiger partial charge in [0.1, 0.15) is 18.2 Å². The van der Waals surface area contributed by atoms with E-state index in [1.807, 2.05) is 0 Å². The highest BCUT2D eigenvalue weighted by Gasteiger charge is 2.65. The number of sulfonamides is 1. The van der Waals surface area contributed by atoms with Gasteiger partial charge in [0.25, 0.3) is 0 Å². The van der Waals surface area contributed by atoms with Crippen LogP contribution in [0, 0.1) is 6.92 Å². The Balaban J connectivity index is 1.76. The summed E-state index contributed by atoms with van der Waals surface area (Å²) in [4.78, 5) is 29.6. The SMILES string of the molecule is Cc1c(C2C(=O)N(S(C)(=O)=O)C2C(F)(F)F)nn(C(=O)c2cscn2)c1OCc1ccc(CN)cc1. The molecule has 0 spiro atoms. The lowest BCUT2D eigenvalue weighted by molar-refractivity contribution is -0.205. The maximum Gasteiger partial charge on any atom is 0.411 e. The first-order valence-electron chi connectivity index (χ1n) is 10.4. The van der Waals surface area contributed by atoms with Crippen LogP contribution < -0.4 is 10.5 Å². The molecule has 1 aliphatic heterocycles. The molecule has 0 saturated carbocycles. The Labute approximate surface area is 207 Å². The van der Waals surface area contributed by atoms with Gasteiger partial charge in [0.15, 0.2) is 6.04 Å². The third kappa shape index (κ3) is 4.60. The maximum atomic E-state index is 13.8. The number of halogens is 3. The Kier molecular flexibility index (Phi) is 6.66. The van der Waals surface area contributed by atoms with E-state index in [0.29, 0.717) is 18.4 Å². The fourth-order valence-corrected chi connectivity index (χ4v) is 5.49. The van der Waals surface area contributed by atoms with Crippen molar-refractivity contribution in [1.82, 2.24) is 19.1 Å². The van der Waals surface area contributed by atoms with Crippen molar-refractivity contribution in [2.75, 3.05) is 6.26 Å². The minimum Gasteiger partial charge on any atom is -0.472 e. The number of rotatable bonds is 7. The predicted octanol–water partition coefficient (Wildman–Crippen LogP) is 2.19. The molecule has 4 rings (SSSR count). The van der Waals surface area contributed by atoms with Crippen LogP contribution >= 0.6 is 11.3 Å².